The highest BCUT2D eigenvalue weighted by atomic mass is 35.5. The molecule has 0 aromatic carbocycles. The number of halogens is 1. The Kier molecular flexibility index (Phi) is 2.69. The van der Waals surface area contributed by atoms with Crippen LogP contribution in [0, 0.1) is 10.1 Å². The molecule has 7 nitrogen and oxygen atoms in total. The Morgan fingerprint density at radius 2 is 2.14 bits per heavy atom. The number of hydrogen-bond donors (Lipinski definition) is 1. The third-order valence-corrected chi connectivity index (χ3v) is 2.40. The van der Waals surface area contributed by atoms with Crippen molar-refractivity contribution in [3.63, 3.8) is 0 Å². The molecular formula is C5H3ClN2O5S. The molecule has 1 heterocycles. The second-order valence-corrected chi connectivity index (χ2v) is 3.99. The molecule has 1 rings (SSSR count). The van der Waals surface area contributed by atoms with Crippen LogP contribution in [0.2, 0.25) is 5.15 Å². The van der Waals surface area contributed by atoms with E-state index in [0.29, 0.717) is 6.07 Å². The van der Waals surface area contributed by atoms with Gasteiger partial charge < -0.3 is 0 Å². The maximum Gasteiger partial charge on any atom is 0.307 e. The molecule has 0 amide bonds. The van der Waals surface area contributed by atoms with Crippen LogP contribution in [0.5, 0.6) is 0 Å². The van der Waals surface area contributed by atoms with Crippen LogP contribution in [0.3, 0.4) is 0 Å². The van der Waals surface area contributed by atoms with Gasteiger partial charge in [0.05, 0.1) is 11.1 Å². The summed E-state index contributed by atoms with van der Waals surface area (Å²) in [5.41, 5.74) is -0.679. The summed E-state index contributed by atoms with van der Waals surface area (Å²) in [6, 6.07) is 0.630. The quantitative estimate of drug-likeness (QED) is 0.354. The standard InChI is InChI=1S/C5H3ClN2O5S/c6-5-4(8(9)10)1-3(2-7-5)14(11,12)13/h1-2H,(H,11,12,13). The minimum atomic E-state index is -4.50. The van der Waals surface area contributed by atoms with E-state index >= 15 is 0 Å². The van der Waals surface area contributed by atoms with Gasteiger partial charge in [-0.05, 0) is 0 Å². The Morgan fingerprint density at radius 1 is 1.57 bits per heavy atom. The zero-order valence-electron chi connectivity index (χ0n) is 6.42. The lowest BCUT2D eigenvalue weighted by atomic mass is 10.4. The van der Waals surface area contributed by atoms with E-state index in [1.165, 1.54) is 0 Å². The molecule has 9 heteroatoms. The third kappa shape index (κ3) is 2.16. The van der Waals surface area contributed by atoms with Gasteiger partial charge in [0.25, 0.3) is 10.1 Å². The van der Waals surface area contributed by atoms with Crippen molar-refractivity contribution >= 4 is 27.4 Å². The first-order valence-corrected chi connectivity index (χ1v) is 4.91. The summed E-state index contributed by atoms with van der Waals surface area (Å²) in [4.78, 5) is 12.0. The fraction of sp³-hybridized carbons (Fsp3) is 0. The number of rotatable bonds is 2. The highest BCUT2D eigenvalue weighted by Crippen LogP contribution is 2.24. The third-order valence-electron chi connectivity index (χ3n) is 1.29. The van der Waals surface area contributed by atoms with Crippen LogP contribution >= 0.6 is 11.6 Å². The van der Waals surface area contributed by atoms with Crippen LogP contribution in [0.1, 0.15) is 0 Å². The lowest BCUT2D eigenvalue weighted by Gasteiger charge is -1.97. The molecule has 0 spiro atoms. The molecule has 1 aromatic rings. The van der Waals surface area contributed by atoms with Gasteiger partial charge in [-0.15, -0.1) is 0 Å². The maximum absolute atomic E-state index is 10.6. The van der Waals surface area contributed by atoms with Gasteiger partial charge in [-0.2, -0.15) is 8.42 Å². The average Bonchev–Trinajstić information content (AvgIpc) is 2.02. The zero-order valence-corrected chi connectivity index (χ0v) is 7.99. The summed E-state index contributed by atoms with van der Waals surface area (Å²) in [5.74, 6) is 0. The molecule has 0 bridgehead atoms. The van der Waals surface area contributed by atoms with E-state index in [1.807, 2.05) is 0 Å². The normalized spacial score (nSPS) is 11.3. The number of nitro groups is 1. The smallest absolute Gasteiger partial charge is 0.282 e. The van der Waals surface area contributed by atoms with Crippen molar-refractivity contribution in [1.82, 2.24) is 4.98 Å². The summed E-state index contributed by atoms with van der Waals surface area (Å²) >= 11 is 5.31. The second kappa shape index (κ2) is 3.48. The van der Waals surface area contributed by atoms with Crippen LogP contribution in [0.15, 0.2) is 17.2 Å². The minimum absolute atomic E-state index is 0.442. The predicted octanol–water partition coefficient (Wildman–Crippen LogP) is 0.890. The molecule has 76 valence electrons. The molecule has 0 fully saturated rings. The first kappa shape index (κ1) is 10.8. The highest BCUT2D eigenvalue weighted by Gasteiger charge is 2.19. The molecule has 1 aromatic heterocycles. The first-order valence-electron chi connectivity index (χ1n) is 3.10. The van der Waals surface area contributed by atoms with Gasteiger partial charge >= 0.3 is 5.69 Å². The lowest BCUT2D eigenvalue weighted by Crippen LogP contribution is -2.01. The zero-order chi connectivity index (χ0) is 10.9. The highest BCUT2D eigenvalue weighted by molar-refractivity contribution is 7.85. The Balaban J connectivity index is 3.42. The Labute approximate surface area is 83.2 Å². The van der Waals surface area contributed by atoms with Crippen LogP contribution in [0.4, 0.5) is 5.69 Å². The molecule has 0 aliphatic heterocycles. The molecule has 0 atom stereocenters. The van der Waals surface area contributed by atoms with Crippen LogP contribution in [0.25, 0.3) is 0 Å². The molecular weight excluding hydrogens is 236 g/mol. The molecule has 0 unspecified atom stereocenters. The Bertz CT molecular complexity index is 485. The van der Waals surface area contributed by atoms with Crippen molar-refractivity contribution in [1.29, 1.82) is 0 Å². The number of aromatic nitrogens is 1. The van der Waals surface area contributed by atoms with Crippen LogP contribution in [-0.4, -0.2) is 22.9 Å². The summed E-state index contributed by atoms with van der Waals surface area (Å²) in [6.07, 6.45) is 0.727. The molecule has 0 aliphatic rings. The van der Waals surface area contributed by atoms with Crippen molar-refractivity contribution in [2.75, 3.05) is 0 Å². The van der Waals surface area contributed by atoms with Gasteiger partial charge in [-0.1, -0.05) is 11.6 Å². The minimum Gasteiger partial charge on any atom is -0.282 e. The monoisotopic (exact) mass is 238 g/mol. The van der Waals surface area contributed by atoms with Crippen molar-refractivity contribution < 1.29 is 17.9 Å². The van der Waals surface area contributed by atoms with Gasteiger partial charge in [0, 0.05) is 6.07 Å². The Hall–Kier alpha value is -1.25. The number of pyridine rings is 1. The van der Waals surface area contributed by atoms with Crippen molar-refractivity contribution in [3.05, 3.63) is 27.5 Å². The summed E-state index contributed by atoms with van der Waals surface area (Å²) in [6.45, 7) is 0. The van der Waals surface area contributed by atoms with Gasteiger partial charge in [0.2, 0.25) is 5.15 Å². The fourth-order valence-corrected chi connectivity index (χ4v) is 1.31. The van der Waals surface area contributed by atoms with Crippen molar-refractivity contribution in [3.8, 4) is 0 Å². The van der Waals surface area contributed by atoms with Crippen molar-refractivity contribution in [2.24, 2.45) is 0 Å². The molecule has 0 saturated heterocycles. The topological polar surface area (TPSA) is 110 Å². The maximum atomic E-state index is 10.6. The SMILES string of the molecule is O=[N+]([O-])c1cc(S(=O)(=O)O)cnc1Cl. The largest absolute Gasteiger partial charge is 0.307 e. The molecule has 1 N–H and O–H groups in total. The van der Waals surface area contributed by atoms with Crippen molar-refractivity contribution in [2.45, 2.75) is 4.90 Å². The van der Waals surface area contributed by atoms with Gasteiger partial charge in [-0.25, -0.2) is 4.98 Å². The summed E-state index contributed by atoms with van der Waals surface area (Å²) in [7, 11) is -4.50. The first-order chi connectivity index (χ1) is 6.32. The summed E-state index contributed by atoms with van der Waals surface area (Å²) < 4.78 is 29.7. The predicted molar refractivity (Wildman–Crippen MR) is 45.7 cm³/mol. The van der Waals surface area contributed by atoms with E-state index in [9.17, 15) is 18.5 Å². The van der Waals surface area contributed by atoms with Crippen LogP contribution in [-0.2, 0) is 10.1 Å². The van der Waals surface area contributed by atoms with E-state index in [2.05, 4.69) is 4.98 Å². The Morgan fingerprint density at radius 3 is 2.57 bits per heavy atom. The van der Waals surface area contributed by atoms with Crippen LogP contribution < -0.4 is 0 Å². The fourth-order valence-electron chi connectivity index (χ4n) is 0.687. The number of hydrogen-bond acceptors (Lipinski definition) is 5. The summed E-state index contributed by atoms with van der Waals surface area (Å²) in [5, 5.41) is 9.86. The second-order valence-electron chi connectivity index (χ2n) is 2.21. The van der Waals surface area contributed by atoms with Gasteiger partial charge in [0.15, 0.2) is 0 Å². The average molecular weight is 239 g/mol. The van der Waals surface area contributed by atoms with Gasteiger partial charge in [-0.3, -0.25) is 14.7 Å². The van der Waals surface area contributed by atoms with E-state index in [1.54, 1.807) is 0 Å². The number of nitrogens with zero attached hydrogens (tertiary/aromatic N) is 2. The van der Waals surface area contributed by atoms with E-state index in [4.69, 9.17) is 16.2 Å². The molecule has 0 saturated carbocycles. The molecule has 14 heavy (non-hydrogen) atoms. The van der Waals surface area contributed by atoms with E-state index in [-0.39, 0.29) is 0 Å². The lowest BCUT2D eigenvalue weighted by molar-refractivity contribution is -0.385. The van der Waals surface area contributed by atoms with E-state index < -0.39 is 30.8 Å². The van der Waals surface area contributed by atoms with Gasteiger partial charge in [0.1, 0.15) is 4.90 Å². The van der Waals surface area contributed by atoms with E-state index in [0.717, 1.165) is 6.20 Å². The molecule has 0 aliphatic carbocycles. The molecule has 0 radical (unpaired) electrons.